The maximum absolute atomic E-state index is 12.8. The van der Waals surface area contributed by atoms with E-state index in [4.69, 9.17) is 0 Å². The zero-order chi connectivity index (χ0) is 24.0. The molecule has 3 N–H and O–H groups in total. The van der Waals surface area contributed by atoms with Gasteiger partial charge in [0.05, 0.1) is 11.3 Å². The summed E-state index contributed by atoms with van der Waals surface area (Å²) in [4.78, 5) is 27.0. The number of amides is 1. The molecule has 1 fully saturated rings. The highest BCUT2D eigenvalue weighted by Gasteiger charge is 2.22. The highest BCUT2D eigenvalue weighted by atomic mass is 16.4. The molecule has 3 rings (SSSR count). The van der Waals surface area contributed by atoms with E-state index in [1.165, 1.54) is 12.8 Å². The van der Waals surface area contributed by atoms with Crippen LogP contribution in [0, 0.1) is 0 Å². The number of nitrogens with one attached hydrogen (secondary N) is 2. The summed E-state index contributed by atoms with van der Waals surface area (Å²) >= 11 is 0. The van der Waals surface area contributed by atoms with E-state index in [0.29, 0.717) is 16.9 Å². The SMILES string of the molecule is CCCCN1CCCC(Nc2cc(NC(=O)c3ccc(C(C)(C)C)cc3)ccc2C(=O)O)C1. The second kappa shape index (κ2) is 10.8. The van der Waals surface area contributed by atoms with E-state index in [-0.39, 0.29) is 22.9 Å². The molecular formula is C27H37N3O3. The van der Waals surface area contributed by atoms with Crippen molar-refractivity contribution in [2.24, 2.45) is 0 Å². The molecule has 2 aromatic rings. The van der Waals surface area contributed by atoms with Gasteiger partial charge in [0.2, 0.25) is 0 Å². The molecule has 6 nitrogen and oxygen atoms in total. The minimum atomic E-state index is -0.980. The van der Waals surface area contributed by atoms with E-state index in [0.717, 1.165) is 38.0 Å². The van der Waals surface area contributed by atoms with Gasteiger partial charge < -0.3 is 20.6 Å². The van der Waals surface area contributed by atoms with Crippen LogP contribution in [0.15, 0.2) is 42.5 Å². The van der Waals surface area contributed by atoms with Gasteiger partial charge in [-0.15, -0.1) is 0 Å². The van der Waals surface area contributed by atoms with Crippen molar-refractivity contribution >= 4 is 23.3 Å². The molecular weight excluding hydrogens is 414 g/mol. The van der Waals surface area contributed by atoms with Crippen molar-refractivity contribution in [3.05, 3.63) is 59.2 Å². The predicted octanol–water partition coefficient (Wildman–Crippen LogP) is 5.61. The molecule has 1 amide bonds. The average molecular weight is 452 g/mol. The third-order valence-electron chi connectivity index (χ3n) is 6.21. The second-order valence-electron chi connectivity index (χ2n) is 9.98. The Bertz CT molecular complexity index is 964. The summed E-state index contributed by atoms with van der Waals surface area (Å²) in [5, 5.41) is 16.0. The van der Waals surface area contributed by atoms with Gasteiger partial charge >= 0.3 is 5.97 Å². The van der Waals surface area contributed by atoms with Crippen LogP contribution in [0.2, 0.25) is 0 Å². The molecule has 1 aliphatic rings. The fourth-order valence-electron chi connectivity index (χ4n) is 4.23. The quantitative estimate of drug-likeness (QED) is 0.486. The number of unbranched alkanes of at least 4 members (excludes halogenated alkanes) is 1. The molecule has 178 valence electrons. The van der Waals surface area contributed by atoms with E-state index in [2.05, 4.69) is 43.2 Å². The minimum absolute atomic E-state index is 0.0213. The molecule has 6 heteroatoms. The number of carbonyl (C=O) groups excluding carboxylic acids is 1. The molecule has 0 radical (unpaired) electrons. The highest BCUT2D eigenvalue weighted by Crippen LogP contribution is 2.26. The molecule has 0 spiro atoms. The van der Waals surface area contributed by atoms with Crippen molar-refractivity contribution < 1.29 is 14.7 Å². The Morgan fingerprint density at radius 3 is 2.48 bits per heavy atom. The number of likely N-dealkylation sites (tertiary alicyclic amines) is 1. The monoisotopic (exact) mass is 451 g/mol. The summed E-state index contributed by atoms with van der Waals surface area (Å²) in [6, 6.07) is 12.7. The maximum Gasteiger partial charge on any atom is 0.337 e. The van der Waals surface area contributed by atoms with Crippen LogP contribution in [-0.2, 0) is 5.41 Å². The first-order chi connectivity index (χ1) is 15.7. The lowest BCUT2D eigenvalue weighted by Gasteiger charge is -2.34. The minimum Gasteiger partial charge on any atom is -0.478 e. The first-order valence-corrected chi connectivity index (χ1v) is 12.0. The van der Waals surface area contributed by atoms with Crippen LogP contribution in [0.1, 0.15) is 79.7 Å². The Morgan fingerprint density at radius 2 is 1.85 bits per heavy atom. The molecule has 0 aliphatic carbocycles. The van der Waals surface area contributed by atoms with E-state index < -0.39 is 5.97 Å². The van der Waals surface area contributed by atoms with Gasteiger partial charge in [0.25, 0.3) is 5.91 Å². The van der Waals surface area contributed by atoms with E-state index in [1.807, 2.05) is 24.3 Å². The highest BCUT2D eigenvalue weighted by molar-refractivity contribution is 6.05. The van der Waals surface area contributed by atoms with Crippen LogP contribution in [-0.4, -0.2) is 47.6 Å². The number of hydrogen-bond acceptors (Lipinski definition) is 4. The number of aromatic carboxylic acids is 1. The molecule has 1 unspecified atom stereocenters. The van der Waals surface area contributed by atoms with Crippen LogP contribution < -0.4 is 10.6 Å². The number of carboxylic acids is 1. The predicted molar refractivity (Wildman–Crippen MR) is 134 cm³/mol. The molecule has 2 aromatic carbocycles. The van der Waals surface area contributed by atoms with Gasteiger partial charge in [-0.25, -0.2) is 4.79 Å². The van der Waals surface area contributed by atoms with E-state index in [1.54, 1.807) is 18.2 Å². The van der Waals surface area contributed by atoms with Crippen molar-refractivity contribution in [3.63, 3.8) is 0 Å². The number of rotatable bonds is 8. The number of hydrogen-bond donors (Lipinski definition) is 3. The maximum atomic E-state index is 12.8. The van der Waals surface area contributed by atoms with Crippen LogP contribution in [0.4, 0.5) is 11.4 Å². The third-order valence-corrected chi connectivity index (χ3v) is 6.21. The van der Waals surface area contributed by atoms with Gasteiger partial charge in [-0.3, -0.25) is 4.79 Å². The van der Waals surface area contributed by atoms with Crippen molar-refractivity contribution in [2.75, 3.05) is 30.3 Å². The molecule has 1 saturated heterocycles. The van der Waals surface area contributed by atoms with E-state index >= 15 is 0 Å². The van der Waals surface area contributed by atoms with Gasteiger partial charge in [0.15, 0.2) is 0 Å². The zero-order valence-corrected chi connectivity index (χ0v) is 20.3. The summed E-state index contributed by atoms with van der Waals surface area (Å²) in [5.74, 6) is -1.19. The molecule has 1 atom stereocenters. The number of piperidine rings is 1. The average Bonchev–Trinajstić information content (AvgIpc) is 2.77. The molecule has 0 saturated carbocycles. The van der Waals surface area contributed by atoms with Crippen molar-refractivity contribution in [1.82, 2.24) is 4.90 Å². The lowest BCUT2D eigenvalue weighted by molar-refractivity contribution is 0.0697. The Hall–Kier alpha value is -2.86. The summed E-state index contributed by atoms with van der Waals surface area (Å²) in [5.41, 5.74) is 3.09. The molecule has 0 bridgehead atoms. The molecule has 0 aromatic heterocycles. The van der Waals surface area contributed by atoms with Gasteiger partial charge in [-0.05, 0) is 73.7 Å². The van der Waals surface area contributed by atoms with Crippen molar-refractivity contribution in [1.29, 1.82) is 0 Å². The van der Waals surface area contributed by atoms with Crippen LogP contribution in [0.3, 0.4) is 0 Å². The normalized spacial score (nSPS) is 16.9. The van der Waals surface area contributed by atoms with Crippen LogP contribution in [0.25, 0.3) is 0 Å². The van der Waals surface area contributed by atoms with Crippen LogP contribution in [0.5, 0.6) is 0 Å². The van der Waals surface area contributed by atoms with Crippen molar-refractivity contribution in [2.45, 2.75) is 64.8 Å². The Labute approximate surface area is 197 Å². The van der Waals surface area contributed by atoms with Gasteiger partial charge in [0, 0.05) is 23.8 Å². The fourth-order valence-corrected chi connectivity index (χ4v) is 4.23. The number of carboxylic acid groups (broad SMARTS) is 1. The molecule has 33 heavy (non-hydrogen) atoms. The smallest absolute Gasteiger partial charge is 0.337 e. The zero-order valence-electron chi connectivity index (χ0n) is 20.3. The van der Waals surface area contributed by atoms with Crippen molar-refractivity contribution in [3.8, 4) is 0 Å². The van der Waals surface area contributed by atoms with Gasteiger partial charge in [0.1, 0.15) is 0 Å². The van der Waals surface area contributed by atoms with Crippen LogP contribution >= 0.6 is 0 Å². The lowest BCUT2D eigenvalue weighted by atomic mass is 9.87. The lowest BCUT2D eigenvalue weighted by Crippen LogP contribution is -2.42. The number of nitrogens with zero attached hydrogens (tertiary/aromatic N) is 1. The Morgan fingerprint density at radius 1 is 1.12 bits per heavy atom. The number of carbonyl (C=O) groups is 2. The molecule has 1 aliphatic heterocycles. The third kappa shape index (κ3) is 6.81. The second-order valence-corrected chi connectivity index (χ2v) is 9.98. The summed E-state index contributed by atoms with van der Waals surface area (Å²) in [7, 11) is 0. The van der Waals surface area contributed by atoms with Gasteiger partial charge in [-0.2, -0.15) is 0 Å². The Kier molecular flexibility index (Phi) is 8.14. The number of benzene rings is 2. The Balaban J connectivity index is 1.73. The summed E-state index contributed by atoms with van der Waals surface area (Å²) in [6.45, 7) is 11.7. The summed E-state index contributed by atoms with van der Waals surface area (Å²) < 4.78 is 0. The first kappa shape index (κ1) is 24.8. The van der Waals surface area contributed by atoms with Gasteiger partial charge in [-0.1, -0.05) is 46.2 Å². The standard InChI is InChI=1S/C27H37N3O3/c1-5-6-15-30-16-7-8-22(18-30)28-24-17-21(13-14-23(24)26(32)33)29-25(31)19-9-11-20(12-10-19)27(2,3)4/h9-14,17,22,28H,5-8,15-16,18H2,1-4H3,(H,29,31)(H,32,33). The van der Waals surface area contributed by atoms with E-state index in [9.17, 15) is 14.7 Å². The molecule has 1 heterocycles. The fraction of sp³-hybridized carbons (Fsp3) is 0.481. The largest absolute Gasteiger partial charge is 0.478 e. The first-order valence-electron chi connectivity index (χ1n) is 12.0. The summed E-state index contributed by atoms with van der Waals surface area (Å²) in [6.07, 6.45) is 4.42. The number of anilines is 2. The topological polar surface area (TPSA) is 81.7 Å².